The molecule has 0 aliphatic carbocycles. The van der Waals surface area contributed by atoms with Gasteiger partial charge < -0.3 is 15.8 Å². The number of pyridine rings is 1. The molecule has 0 saturated heterocycles. The van der Waals surface area contributed by atoms with Gasteiger partial charge in [0.15, 0.2) is 0 Å². The van der Waals surface area contributed by atoms with Crippen LogP contribution in [0.5, 0.6) is 5.75 Å². The van der Waals surface area contributed by atoms with Crippen LogP contribution in [0.15, 0.2) is 54.6 Å². The average molecular weight is 474 g/mol. The molecule has 0 unspecified atom stereocenters. The fourth-order valence-electron chi connectivity index (χ4n) is 3.24. The molecule has 0 aliphatic heterocycles. The Morgan fingerprint density at radius 1 is 1.19 bits per heavy atom. The monoisotopic (exact) mass is 473 g/mol. The van der Waals surface area contributed by atoms with E-state index in [2.05, 4.69) is 10.3 Å². The Balaban J connectivity index is 1.66. The topological polar surface area (TPSA) is 77.2 Å². The quantitative estimate of drug-likeness (QED) is 0.343. The first-order chi connectivity index (χ1) is 15.2. The molecule has 2 aromatic heterocycles. The molecule has 2 aromatic carbocycles. The van der Waals surface area contributed by atoms with Gasteiger partial charge in [-0.15, -0.1) is 11.3 Å². The average Bonchev–Trinajstić information content (AvgIpc) is 3.10. The molecule has 0 fully saturated rings. The minimum absolute atomic E-state index is 0.0776. The Bertz CT molecular complexity index is 1330. The van der Waals surface area contributed by atoms with E-state index in [1.54, 1.807) is 13.2 Å². The van der Waals surface area contributed by atoms with Crippen LogP contribution in [0.1, 0.15) is 22.2 Å². The number of rotatable bonds is 5. The lowest BCUT2D eigenvalue weighted by atomic mass is 10.1. The lowest BCUT2D eigenvalue weighted by Gasteiger charge is -2.14. The number of carbonyl (C=O) groups excluding carboxylic acids is 1. The zero-order chi connectivity index (χ0) is 23.0. The Kier molecular flexibility index (Phi) is 5.75. The number of hydrogen-bond donors (Lipinski definition) is 2. The normalized spacial score (nSPS) is 11.5. The maximum absolute atomic E-state index is 13.8. The third-order valence-electron chi connectivity index (χ3n) is 4.86. The summed E-state index contributed by atoms with van der Waals surface area (Å²) < 4.78 is 32.8. The molecule has 0 bridgehead atoms. The van der Waals surface area contributed by atoms with E-state index in [1.807, 2.05) is 30.3 Å². The summed E-state index contributed by atoms with van der Waals surface area (Å²) in [5.41, 5.74) is 7.87. The van der Waals surface area contributed by atoms with E-state index in [-0.39, 0.29) is 26.8 Å². The second kappa shape index (κ2) is 8.37. The summed E-state index contributed by atoms with van der Waals surface area (Å²) in [6.45, 7) is 0.745. The highest BCUT2D eigenvalue weighted by Gasteiger charge is 2.28. The van der Waals surface area contributed by atoms with Gasteiger partial charge >= 0.3 is 0 Å². The van der Waals surface area contributed by atoms with Crippen molar-refractivity contribution in [2.24, 2.45) is 0 Å². The summed E-state index contributed by atoms with van der Waals surface area (Å²) in [6.07, 6.45) is 0. The molecule has 5 nitrogen and oxygen atoms in total. The maximum Gasteiger partial charge on any atom is 0.272 e. The summed E-state index contributed by atoms with van der Waals surface area (Å²) >= 11 is 7.00. The van der Waals surface area contributed by atoms with Crippen LogP contribution in [0.4, 0.5) is 20.2 Å². The number of benzene rings is 2. The number of aromatic nitrogens is 1. The number of ether oxygens (including phenoxy) is 1. The summed E-state index contributed by atoms with van der Waals surface area (Å²) in [6, 6.07) is 15.0. The molecule has 0 atom stereocenters. The van der Waals surface area contributed by atoms with Crippen LogP contribution in [0.25, 0.3) is 21.5 Å². The minimum atomic E-state index is -3.14. The van der Waals surface area contributed by atoms with Gasteiger partial charge in [-0.2, -0.15) is 0 Å². The van der Waals surface area contributed by atoms with Crippen LogP contribution >= 0.6 is 22.9 Å². The van der Waals surface area contributed by atoms with Gasteiger partial charge in [-0.3, -0.25) is 4.79 Å². The number of thiophene rings is 1. The molecule has 4 aromatic rings. The molecule has 2 heterocycles. The summed E-state index contributed by atoms with van der Waals surface area (Å²) in [5, 5.41) is 3.18. The van der Waals surface area contributed by atoms with Crippen molar-refractivity contribution in [1.82, 2.24) is 4.98 Å². The van der Waals surface area contributed by atoms with E-state index in [4.69, 9.17) is 22.1 Å². The van der Waals surface area contributed by atoms with E-state index < -0.39 is 11.8 Å². The van der Waals surface area contributed by atoms with Gasteiger partial charge in [0.05, 0.1) is 18.5 Å². The van der Waals surface area contributed by atoms with Crippen molar-refractivity contribution in [1.29, 1.82) is 0 Å². The van der Waals surface area contributed by atoms with Gasteiger partial charge in [0, 0.05) is 34.1 Å². The highest BCUT2D eigenvalue weighted by molar-refractivity contribution is 7.21. The van der Waals surface area contributed by atoms with E-state index in [1.165, 1.54) is 12.1 Å². The van der Waals surface area contributed by atoms with Crippen molar-refractivity contribution < 1.29 is 18.3 Å². The number of carbonyl (C=O) groups is 1. The lowest BCUT2D eigenvalue weighted by molar-refractivity contribution is 0.0176. The smallest absolute Gasteiger partial charge is 0.272 e. The number of alkyl halides is 2. The highest BCUT2D eigenvalue weighted by atomic mass is 35.5. The van der Waals surface area contributed by atoms with Crippen molar-refractivity contribution in [2.45, 2.75) is 12.8 Å². The van der Waals surface area contributed by atoms with Crippen LogP contribution in [-0.2, 0) is 5.92 Å². The van der Waals surface area contributed by atoms with Crippen molar-refractivity contribution in [2.75, 3.05) is 18.2 Å². The lowest BCUT2D eigenvalue weighted by Crippen LogP contribution is -2.14. The highest BCUT2D eigenvalue weighted by Crippen LogP contribution is 2.37. The summed E-state index contributed by atoms with van der Waals surface area (Å²) in [5.74, 6) is -2.95. The molecule has 164 valence electrons. The summed E-state index contributed by atoms with van der Waals surface area (Å²) in [4.78, 5) is 18.3. The minimum Gasteiger partial charge on any atom is -0.497 e. The zero-order valence-electron chi connectivity index (χ0n) is 17.1. The first-order valence-corrected chi connectivity index (χ1v) is 10.7. The number of nitrogens with zero attached hydrogens (tertiary/aromatic N) is 1. The number of amides is 1. The second-order valence-electron chi connectivity index (χ2n) is 7.16. The number of nitrogens with two attached hydrogens (primary N) is 1. The molecule has 3 N–H and O–H groups in total. The van der Waals surface area contributed by atoms with Crippen molar-refractivity contribution >= 4 is 50.4 Å². The van der Waals surface area contributed by atoms with Gasteiger partial charge in [-0.1, -0.05) is 23.7 Å². The fourth-order valence-corrected chi connectivity index (χ4v) is 4.51. The Morgan fingerprint density at radius 3 is 2.69 bits per heavy atom. The van der Waals surface area contributed by atoms with E-state index in [9.17, 15) is 13.6 Å². The third-order valence-corrected chi connectivity index (χ3v) is 6.31. The summed E-state index contributed by atoms with van der Waals surface area (Å²) in [7, 11) is 1.59. The number of anilines is 2. The predicted octanol–water partition coefficient (Wildman–Crippen LogP) is 6.57. The van der Waals surface area contributed by atoms with Crippen LogP contribution in [0.3, 0.4) is 0 Å². The molecule has 0 spiro atoms. The van der Waals surface area contributed by atoms with Gasteiger partial charge in [-0.25, -0.2) is 13.8 Å². The van der Waals surface area contributed by atoms with Crippen LogP contribution in [0.2, 0.25) is 5.02 Å². The molecular formula is C23H18ClF2N3O2S. The number of hydrogen-bond acceptors (Lipinski definition) is 5. The molecule has 0 aliphatic rings. The molecular weight excluding hydrogens is 456 g/mol. The fraction of sp³-hybridized carbons (Fsp3) is 0.130. The molecule has 1 amide bonds. The molecule has 9 heteroatoms. The number of methoxy groups -OCH3 is 1. The van der Waals surface area contributed by atoms with Gasteiger partial charge in [0.25, 0.3) is 11.8 Å². The Morgan fingerprint density at radius 2 is 1.97 bits per heavy atom. The number of halogens is 3. The molecule has 0 radical (unpaired) electrons. The maximum atomic E-state index is 13.8. The van der Waals surface area contributed by atoms with E-state index in [0.717, 1.165) is 29.9 Å². The standard InChI is InChI=1S/C23H18ClF2N3O2S/c1-23(25,26)16-11-13(6-8-17(16)24)28-21(30)20-19(27)15-7-9-18(29-22(15)32-20)12-4-3-5-14(10-12)31-2/h3-11H,27H2,1-2H3,(H,28,30). The Hall–Kier alpha value is -3.23. The zero-order valence-corrected chi connectivity index (χ0v) is 18.7. The SMILES string of the molecule is COc1cccc(-c2ccc3c(N)c(C(=O)Nc4ccc(Cl)c(C(C)(F)F)c4)sc3n2)c1. The van der Waals surface area contributed by atoms with Gasteiger partial charge in [-0.05, 0) is 42.5 Å². The number of nitrogens with one attached hydrogen (secondary N) is 1. The van der Waals surface area contributed by atoms with Crippen LogP contribution < -0.4 is 15.8 Å². The van der Waals surface area contributed by atoms with E-state index in [0.29, 0.717) is 21.7 Å². The molecule has 32 heavy (non-hydrogen) atoms. The van der Waals surface area contributed by atoms with Crippen molar-refractivity contribution in [3.8, 4) is 17.0 Å². The van der Waals surface area contributed by atoms with E-state index >= 15 is 0 Å². The first kappa shape index (κ1) is 22.0. The van der Waals surface area contributed by atoms with Crippen LogP contribution in [-0.4, -0.2) is 18.0 Å². The third kappa shape index (κ3) is 4.24. The van der Waals surface area contributed by atoms with Crippen molar-refractivity contribution in [3.63, 3.8) is 0 Å². The van der Waals surface area contributed by atoms with Gasteiger partial charge in [0.1, 0.15) is 15.5 Å². The van der Waals surface area contributed by atoms with Crippen LogP contribution in [0, 0.1) is 0 Å². The number of nitrogen functional groups attached to an aromatic ring is 1. The predicted molar refractivity (Wildman–Crippen MR) is 125 cm³/mol. The van der Waals surface area contributed by atoms with Crippen molar-refractivity contribution in [3.05, 3.63) is 70.1 Å². The Labute approximate surface area is 191 Å². The molecule has 0 saturated carbocycles. The van der Waals surface area contributed by atoms with Gasteiger partial charge in [0.2, 0.25) is 0 Å². The second-order valence-corrected chi connectivity index (χ2v) is 8.57. The molecule has 4 rings (SSSR count). The first-order valence-electron chi connectivity index (χ1n) is 9.50. The number of fused-ring (bicyclic) bond motifs is 1. The largest absolute Gasteiger partial charge is 0.497 e.